The molecule has 1 heterocycles. The molecule has 28 heavy (non-hydrogen) atoms. The Bertz CT molecular complexity index is 908. The number of amides is 4. The van der Waals surface area contributed by atoms with Crippen LogP contribution in [-0.2, 0) is 9.59 Å². The van der Waals surface area contributed by atoms with Crippen molar-refractivity contribution in [2.24, 2.45) is 0 Å². The van der Waals surface area contributed by atoms with Crippen LogP contribution < -0.4 is 5.32 Å². The highest BCUT2D eigenvalue weighted by Gasteiger charge is 2.35. The van der Waals surface area contributed by atoms with E-state index >= 15 is 0 Å². The lowest BCUT2D eigenvalue weighted by Crippen LogP contribution is -2.38. The van der Waals surface area contributed by atoms with E-state index in [1.807, 2.05) is 0 Å². The summed E-state index contributed by atoms with van der Waals surface area (Å²) >= 11 is 5.80. The van der Waals surface area contributed by atoms with Crippen molar-refractivity contribution >= 4 is 40.9 Å². The topological polar surface area (TPSA) is 86.8 Å². The van der Waals surface area contributed by atoms with Crippen LogP contribution in [0.25, 0.3) is 0 Å². The van der Waals surface area contributed by atoms with E-state index in [0.717, 1.165) is 4.90 Å². The van der Waals surface area contributed by atoms with Crippen molar-refractivity contribution < 1.29 is 19.2 Å². The lowest BCUT2D eigenvalue weighted by molar-refractivity contribution is -0.133. The van der Waals surface area contributed by atoms with Crippen molar-refractivity contribution in [1.29, 1.82) is 0 Å². The number of likely N-dealkylation sites (N-methyl/N-ethyl adjacent to an activating group) is 1. The van der Waals surface area contributed by atoms with Crippen LogP contribution in [0, 0.1) is 0 Å². The van der Waals surface area contributed by atoms with Gasteiger partial charge in [0.15, 0.2) is 0 Å². The lowest BCUT2D eigenvalue weighted by atomic mass is 10.1. The summed E-state index contributed by atoms with van der Waals surface area (Å²) in [5, 5.41) is 3.22. The summed E-state index contributed by atoms with van der Waals surface area (Å²) in [5.41, 5.74) is 1.26. The number of imide groups is 1. The van der Waals surface area contributed by atoms with Crippen molar-refractivity contribution in [2.75, 3.05) is 25.5 Å². The van der Waals surface area contributed by atoms with E-state index in [9.17, 15) is 19.2 Å². The number of nitrogens with zero attached hydrogens (tertiary/aromatic N) is 2. The van der Waals surface area contributed by atoms with Crippen LogP contribution in [0.1, 0.15) is 27.1 Å². The van der Waals surface area contributed by atoms with Gasteiger partial charge in [-0.05, 0) is 36.4 Å². The van der Waals surface area contributed by atoms with Crippen LogP contribution in [0.15, 0.2) is 48.5 Å². The molecule has 0 aromatic heterocycles. The van der Waals surface area contributed by atoms with Gasteiger partial charge in [0.25, 0.3) is 11.8 Å². The van der Waals surface area contributed by atoms with Gasteiger partial charge in [-0.1, -0.05) is 23.7 Å². The molecule has 0 unspecified atom stereocenters. The van der Waals surface area contributed by atoms with E-state index in [0.29, 0.717) is 21.8 Å². The smallest absolute Gasteiger partial charge is 0.261 e. The van der Waals surface area contributed by atoms with Gasteiger partial charge in [0.1, 0.15) is 0 Å². The van der Waals surface area contributed by atoms with Crippen LogP contribution in [0.4, 0.5) is 5.69 Å². The minimum Gasteiger partial charge on any atom is -0.336 e. The number of hydrogen-bond acceptors (Lipinski definition) is 4. The van der Waals surface area contributed by atoms with E-state index in [4.69, 9.17) is 11.6 Å². The van der Waals surface area contributed by atoms with E-state index in [1.54, 1.807) is 48.5 Å². The molecule has 4 amide bonds. The maximum absolute atomic E-state index is 12.3. The molecule has 2 aromatic rings. The van der Waals surface area contributed by atoms with Gasteiger partial charge in [0.2, 0.25) is 11.8 Å². The highest BCUT2D eigenvalue weighted by atomic mass is 35.5. The van der Waals surface area contributed by atoms with Crippen molar-refractivity contribution in [3.8, 4) is 0 Å². The third kappa shape index (κ3) is 4.20. The van der Waals surface area contributed by atoms with Crippen LogP contribution in [0.5, 0.6) is 0 Å². The number of anilines is 1. The molecule has 2 aromatic carbocycles. The molecule has 0 bridgehead atoms. The number of halogens is 1. The molecule has 1 aliphatic heterocycles. The van der Waals surface area contributed by atoms with Gasteiger partial charge in [-0.2, -0.15) is 0 Å². The van der Waals surface area contributed by atoms with Gasteiger partial charge in [-0.25, -0.2) is 0 Å². The summed E-state index contributed by atoms with van der Waals surface area (Å²) in [6, 6.07) is 13.2. The number of carbonyl (C=O) groups is 4. The minimum absolute atomic E-state index is 0.0334. The van der Waals surface area contributed by atoms with Crippen molar-refractivity contribution in [2.45, 2.75) is 6.42 Å². The summed E-state index contributed by atoms with van der Waals surface area (Å²) in [6.07, 6.45) is -0.0593. The van der Waals surface area contributed by atoms with E-state index in [2.05, 4.69) is 5.32 Å². The first-order valence-corrected chi connectivity index (χ1v) is 8.99. The molecule has 0 saturated carbocycles. The van der Waals surface area contributed by atoms with E-state index in [-0.39, 0.29) is 31.3 Å². The fraction of sp³-hybridized carbons (Fsp3) is 0.200. The second-order valence-corrected chi connectivity index (χ2v) is 6.80. The molecular formula is C20H18ClN3O4. The van der Waals surface area contributed by atoms with E-state index < -0.39 is 11.8 Å². The Morgan fingerprint density at radius 1 is 1.00 bits per heavy atom. The zero-order valence-corrected chi connectivity index (χ0v) is 15.9. The molecule has 0 aliphatic carbocycles. The fourth-order valence-electron chi connectivity index (χ4n) is 2.88. The Morgan fingerprint density at radius 3 is 2.14 bits per heavy atom. The first-order valence-electron chi connectivity index (χ1n) is 8.61. The minimum atomic E-state index is -0.406. The van der Waals surface area contributed by atoms with Gasteiger partial charge in [0.05, 0.1) is 17.7 Å². The first-order chi connectivity index (χ1) is 13.4. The summed E-state index contributed by atoms with van der Waals surface area (Å²) in [7, 11) is 1.49. The molecule has 0 saturated heterocycles. The number of hydrogen-bond donors (Lipinski definition) is 1. The van der Waals surface area contributed by atoms with Gasteiger partial charge >= 0.3 is 0 Å². The fourth-order valence-corrected chi connectivity index (χ4v) is 3.00. The average Bonchev–Trinajstić information content (AvgIpc) is 2.92. The van der Waals surface area contributed by atoms with E-state index in [1.165, 1.54) is 11.9 Å². The molecule has 0 radical (unpaired) electrons. The SMILES string of the molecule is CN(CC(=O)Nc1ccc(Cl)cc1)C(=O)CCN1C(=O)c2ccccc2C1=O. The van der Waals surface area contributed by atoms with Crippen molar-refractivity contribution in [3.05, 3.63) is 64.7 Å². The lowest BCUT2D eigenvalue weighted by Gasteiger charge is -2.19. The van der Waals surface area contributed by atoms with Crippen molar-refractivity contribution in [3.63, 3.8) is 0 Å². The quantitative estimate of drug-likeness (QED) is 0.756. The van der Waals surface area contributed by atoms with Crippen LogP contribution in [-0.4, -0.2) is 53.6 Å². The predicted molar refractivity (Wildman–Crippen MR) is 104 cm³/mol. The molecule has 1 aliphatic rings. The molecule has 1 N–H and O–H groups in total. The number of fused-ring (bicyclic) bond motifs is 1. The Balaban J connectivity index is 1.51. The monoisotopic (exact) mass is 399 g/mol. The highest BCUT2D eigenvalue weighted by molar-refractivity contribution is 6.30. The predicted octanol–water partition coefficient (Wildman–Crippen LogP) is 2.42. The van der Waals surface area contributed by atoms with Gasteiger partial charge in [-0.15, -0.1) is 0 Å². The summed E-state index contributed by atoms with van der Waals surface area (Å²) < 4.78 is 0. The van der Waals surface area contributed by atoms with Gasteiger partial charge in [-0.3, -0.25) is 24.1 Å². The van der Waals surface area contributed by atoms with Crippen LogP contribution in [0.2, 0.25) is 5.02 Å². The molecule has 3 rings (SSSR count). The maximum atomic E-state index is 12.3. The molecule has 0 spiro atoms. The van der Waals surface area contributed by atoms with Crippen LogP contribution >= 0.6 is 11.6 Å². The van der Waals surface area contributed by atoms with Crippen molar-refractivity contribution in [1.82, 2.24) is 9.80 Å². The molecule has 7 nitrogen and oxygen atoms in total. The molecule has 0 fully saturated rings. The summed E-state index contributed by atoms with van der Waals surface area (Å²) in [5.74, 6) is -1.52. The second-order valence-electron chi connectivity index (χ2n) is 6.36. The normalized spacial score (nSPS) is 12.7. The second kappa shape index (κ2) is 8.22. The molecule has 144 valence electrons. The zero-order valence-electron chi connectivity index (χ0n) is 15.1. The molecular weight excluding hydrogens is 382 g/mol. The number of nitrogens with one attached hydrogen (secondary N) is 1. The highest BCUT2D eigenvalue weighted by Crippen LogP contribution is 2.22. The Morgan fingerprint density at radius 2 is 1.57 bits per heavy atom. The Labute approximate surface area is 166 Å². The number of rotatable bonds is 6. The van der Waals surface area contributed by atoms with Gasteiger partial charge in [0, 0.05) is 30.7 Å². The third-order valence-electron chi connectivity index (χ3n) is 4.36. The zero-order chi connectivity index (χ0) is 20.3. The average molecular weight is 400 g/mol. The molecule has 8 heteroatoms. The Hall–Kier alpha value is -3.19. The maximum Gasteiger partial charge on any atom is 0.261 e. The molecule has 0 atom stereocenters. The summed E-state index contributed by atoms with van der Waals surface area (Å²) in [6.45, 7) is -0.183. The summed E-state index contributed by atoms with van der Waals surface area (Å²) in [4.78, 5) is 51.3. The third-order valence-corrected chi connectivity index (χ3v) is 4.61. The van der Waals surface area contributed by atoms with Crippen LogP contribution in [0.3, 0.4) is 0 Å². The Kier molecular flexibility index (Phi) is 5.75. The van der Waals surface area contributed by atoms with Gasteiger partial charge < -0.3 is 10.2 Å². The first kappa shape index (κ1) is 19.6. The largest absolute Gasteiger partial charge is 0.336 e. The standard InChI is InChI=1S/C20H18ClN3O4/c1-23(12-17(25)22-14-8-6-13(21)7-9-14)18(26)10-11-24-19(27)15-4-2-3-5-16(15)20(24)28/h2-9H,10-12H2,1H3,(H,22,25). The number of carbonyl (C=O) groups excluding carboxylic acids is 4. The number of benzene rings is 2.